The Morgan fingerprint density at radius 1 is 0.727 bits per heavy atom. The number of benzene rings is 1. The topological polar surface area (TPSA) is 369 Å². The smallest absolute Gasteiger partial charge is 0.415 e. The molecule has 0 fully saturated rings. The second-order valence-corrected chi connectivity index (χ2v) is 25.9. The molecule has 32 heteroatoms. The Morgan fingerprint density at radius 2 is 1.47 bits per heavy atom. The maximum atomic E-state index is 14.4. The number of nitrogens with zero attached hydrogens (tertiary/aromatic N) is 8. The van der Waals surface area contributed by atoms with E-state index in [1.807, 2.05) is 13.8 Å². The molecule has 7 aromatic heterocycles. The van der Waals surface area contributed by atoms with Crippen molar-refractivity contribution in [2.75, 3.05) is 38.8 Å². The molecule has 0 aliphatic carbocycles. The van der Waals surface area contributed by atoms with E-state index in [-0.39, 0.29) is 85.7 Å². The first kappa shape index (κ1) is 64.1. The highest BCUT2D eigenvalue weighted by atomic mass is 32.1. The van der Waals surface area contributed by atoms with Crippen molar-refractivity contribution in [3.8, 4) is 42.5 Å². The van der Waals surface area contributed by atoms with Gasteiger partial charge >= 0.3 is 18.0 Å². The van der Waals surface area contributed by atoms with Crippen molar-refractivity contribution < 1.29 is 63.1 Å². The van der Waals surface area contributed by atoms with Crippen molar-refractivity contribution in [1.29, 1.82) is 0 Å². The molecule has 8 N–H and O–H groups in total. The summed E-state index contributed by atoms with van der Waals surface area (Å²) < 4.78 is 10.8. The number of aliphatic hydroxyl groups is 1. The monoisotopic (exact) mass is 1310 g/mol. The van der Waals surface area contributed by atoms with Crippen LogP contribution in [0.4, 0.5) is 10.6 Å². The summed E-state index contributed by atoms with van der Waals surface area (Å²) in [6, 6.07) is 9.18. The quantitative estimate of drug-likeness (QED) is 0.0400. The minimum absolute atomic E-state index is 0.0158. The molecule has 8 heterocycles. The zero-order chi connectivity index (χ0) is 62.8. The molecule has 4 atom stereocenters. The number of rotatable bonds is 17. The highest BCUT2D eigenvalue weighted by Gasteiger charge is 2.33. The van der Waals surface area contributed by atoms with E-state index < -0.39 is 78.3 Å². The normalized spacial score (nSPS) is 16.0. The third kappa shape index (κ3) is 15.5. The highest BCUT2D eigenvalue weighted by molar-refractivity contribution is 7.19. The molecule has 0 spiro atoms. The Balaban J connectivity index is 1.12. The molecule has 1 aliphatic rings. The Labute approximate surface area is 525 Å². The lowest BCUT2D eigenvalue weighted by atomic mass is 10.0. The van der Waals surface area contributed by atoms with E-state index in [1.54, 1.807) is 71.7 Å². The summed E-state index contributed by atoms with van der Waals surface area (Å²) >= 11 is 6.89. The number of carbonyl (C=O) groups excluding carboxylic acids is 6. The fraction of sp³-hybridized carbons (Fsp3) is 0.339. The largest absolute Gasteiger partial charge is 0.481 e. The van der Waals surface area contributed by atoms with E-state index in [9.17, 15) is 48.6 Å². The maximum absolute atomic E-state index is 14.4. The fourth-order valence-corrected chi connectivity index (χ4v) is 14.5. The van der Waals surface area contributed by atoms with Gasteiger partial charge in [-0.2, -0.15) is 0 Å². The third-order valence-electron chi connectivity index (χ3n) is 13.3. The Hall–Kier alpha value is -8.37. The van der Waals surface area contributed by atoms with Crippen LogP contribution in [0.3, 0.4) is 0 Å². The molecule has 6 amide bonds. The first-order valence-corrected chi connectivity index (χ1v) is 32.2. The Kier molecular flexibility index (Phi) is 21.2. The summed E-state index contributed by atoms with van der Waals surface area (Å²) in [5, 5.41) is 51.3. The van der Waals surface area contributed by atoms with Gasteiger partial charge in [0, 0.05) is 66.3 Å². The summed E-state index contributed by atoms with van der Waals surface area (Å²) in [4.78, 5) is 142. The summed E-state index contributed by atoms with van der Waals surface area (Å²) in [5.41, 5.74) is 1.98. The average Bonchev–Trinajstić information content (AvgIpc) is 2.63. The third-order valence-corrected chi connectivity index (χ3v) is 19.1. The van der Waals surface area contributed by atoms with E-state index in [0.29, 0.717) is 67.9 Å². The number of aliphatic hydroxyl groups excluding tert-OH is 1. The van der Waals surface area contributed by atoms with Gasteiger partial charge in [0.2, 0.25) is 11.8 Å². The van der Waals surface area contributed by atoms with Crippen LogP contribution in [0.5, 0.6) is 0 Å². The molecule has 88 heavy (non-hydrogen) atoms. The van der Waals surface area contributed by atoms with Gasteiger partial charge in [0.25, 0.3) is 17.7 Å². The maximum Gasteiger partial charge on any atom is 0.415 e. The van der Waals surface area contributed by atoms with Crippen LogP contribution in [0, 0.1) is 12.8 Å². The van der Waals surface area contributed by atoms with Crippen molar-refractivity contribution in [2.45, 2.75) is 83.7 Å². The van der Waals surface area contributed by atoms with Crippen LogP contribution in [0.25, 0.3) is 42.5 Å². The van der Waals surface area contributed by atoms with Crippen molar-refractivity contribution in [1.82, 2.24) is 61.5 Å². The summed E-state index contributed by atoms with van der Waals surface area (Å²) in [6.45, 7) is 4.58. The lowest BCUT2D eigenvalue weighted by Gasteiger charge is -2.23. The minimum Gasteiger partial charge on any atom is -0.481 e. The number of nitrogens with one attached hydrogen (secondary N) is 5. The number of methoxy groups -OCH3 is 1. The fourth-order valence-electron chi connectivity index (χ4n) is 8.84. The van der Waals surface area contributed by atoms with Gasteiger partial charge in [0.1, 0.15) is 70.8 Å². The Bertz CT molecular complexity index is 3880. The number of ether oxygens (including phenoxy) is 2. The predicted octanol–water partition coefficient (Wildman–Crippen LogP) is 7.98. The molecule has 1 aliphatic heterocycles. The standard InChI is InChI=1S/C56H57N13O13S6/c1-26(2)41-55-68-44(35(88-55)22-81-5)48(78)58-21-38(71)65-45(46(76)28-11-7-6-8-12-28)54-63-33(24-84-54)51-59-20-34(87-51)43-29(50-62-32(23-83-50)47(77)61-31(19-37(70)57-4)53-67-42(27(3)86-53)49(79)66-41)15-16-30(60-43)52-64-36(25-85-52)69(17-9-13-39(72)73)56(80)82-18-10-14-40(74)75/h6-8,11-12,15-16,20,23-26,31,41,45-46,76H,9-10,13-14,17-19,21-22H2,1-5H3,(H,57,70)(H,58,78)(H,61,77)(H,65,71)(H,66,79)(H,72,73)(H,74,75)/t31-,41-,45-,46-/m0/s1. The number of amides is 6. The average molecular weight is 1310 g/mol. The molecule has 460 valence electrons. The van der Waals surface area contributed by atoms with Gasteiger partial charge in [-0.15, -0.1) is 68.0 Å². The van der Waals surface area contributed by atoms with Crippen LogP contribution in [-0.4, -0.2) is 132 Å². The van der Waals surface area contributed by atoms with Gasteiger partial charge in [-0.3, -0.25) is 38.5 Å². The zero-order valence-corrected chi connectivity index (χ0v) is 52.5. The van der Waals surface area contributed by atoms with Crippen LogP contribution in [0.2, 0.25) is 0 Å². The second kappa shape index (κ2) is 29.1. The number of carbonyl (C=O) groups is 8. The van der Waals surface area contributed by atoms with Crippen molar-refractivity contribution in [3.05, 3.63) is 112 Å². The number of hydrogen-bond donors (Lipinski definition) is 8. The zero-order valence-electron chi connectivity index (χ0n) is 47.6. The van der Waals surface area contributed by atoms with Gasteiger partial charge in [-0.1, -0.05) is 44.2 Å². The number of fused-ring (bicyclic) bond motifs is 14. The molecule has 1 aromatic carbocycles. The van der Waals surface area contributed by atoms with Crippen LogP contribution >= 0.6 is 68.0 Å². The number of anilines is 1. The van der Waals surface area contributed by atoms with E-state index in [2.05, 4.69) is 36.6 Å². The molecule has 9 rings (SSSR count). The van der Waals surface area contributed by atoms with Crippen molar-refractivity contribution in [3.63, 3.8) is 0 Å². The van der Waals surface area contributed by atoms with E-state index >= 15 is 0 Å². The molecular weight excluding hydrogens is 1260 g/mol. The van der Waals surface area contributed by atoms with Crippen LogP contribution < -0.4 is 31.5 Å². The van der Waals surface area contributed by atoms with Crippen molar-refractivity contribution in [2.24, 2.45) is 5.92 Å². The summed E-state index contributed by atoms with van der Waals surface area (Å²) in [5.74, 6) is -5.29. The van der Waals surface area contributed by atoms with Gasteiger partial charge in [-0.25, -0.2) is 39.7 Å². The minimum atomic E-state index is -1.31. The number of aliphatic carboxylic acids is 2. The number of thiazole rings is 6. The number of aromatic nitrogens is 7. The number of carboxylic acids is 2. The Morgan fingerprint density at radius 3 is 2.20 bits per heavy atom. The number of aryl methyl sites for hydroxylation is 1. The molecule has 10 bridgehead atoms. The summed E-state index contributed by atoms with van der Waals surface area (Å²) in [6.07, 6.45) is -1.22. The molecule has 0 saturated carbocycles. The SMILES string of the molecule is CNC(=O)C[C@@H]1NC(=O)c2csc(n2)-c2ccc(-c3nc(N(CCCC(=O)O)C(=O)OCCCC(=O)O)cs3)nc2-c2cnc(s2)-c2csc(n2)[C@H]([C@@H](O)c2ccccc2)NC(=O)CNC(=O)c2nc(sc2COC)[C@H](C(C)C)NC(=O)c2nc1sc2C. The van der Waals surface area contributed by atoms with Crippen molar-refractivity contribution >= 4 is 121 Å². The molecule has 0 radical (unpaired) electrons. The first-order valence-electron chi connectivity index (χ1n) is 27.1. The van der Waals surface area contributed by atoms with Gasteiger partial charge < -0.3 is 51.4 Å². The van der Waals surface area contributed by atoms with E-state index in [4.69, 9.17) is 39.5 Å². The molecular formula is C56H57N13O13S6. The predicted molar refractivity (Wildman–Crippen MR) is 329 cm³/mol. The lowest BCUT2D eigenvalue weighted by Crippen LogP contribution is -2.40. The number of hydrogen-bond acceptors (Lipinski definition) is 24. The first-order chi connectivity index (χ1) is 42.3. The van der Waals surface area contributed by atoms with Crippen LogP contribution in [0.15, 0.2) is 64.8 Å². The summed E-state index contributed by atoms with van der Waals surface area (Å²) in [7, 11) is 2.91. The van der Waals surface area contributed by atoms with Crippen LogP contribution in [0.1, 0.15) is 132 Å². The lowest BCUT2D eigenvalue weighted by molar-refractivity contribution is -0.138. The van der Waals surface area contributed by atoms with Gasteiger partial charge in [-0.05, 0) is 43.4 Å². The number of pyridine rings is 1. The van der Waals surface area contributed by atoms with Gasteiger partial charge in [0.15, 0.2) is 0 Å². The molecule has 8 aromatic rings. The molecule has 0 unspecified atom stereocenters. The second-order valence-electron chi connectivity index (χ2n) is 19.9. The van der Waals surface area contributed by atoms with Crippen LogP contribution in [-0.2, 0) is 35.3 Å². The molecule has 0 saturated heterocycles. The van der Waals surface area contributed by atoms with Gasteiger partial charge in [0.05, 0.1) is 59.4 Å². The number of carboxylic acid groups (broad SMARTS) is 2. The highest BCUT2D eigenvalue weighted by Crippen LogP contribution is 2.42. The van der Waals surface area contributed by atoms with E-state index in [1.165, 1.54) is 30.4 Å². The van der Waals surface area contributed by atoms with E-state index in [0.717, 1.165) is 56.7 Å². The molecule has 26 nitrogen and oxygen atoms in total.